The maximum atomic E-state index is 4.35. The van der Waals surface area contributed by atoms with Gasteiger partial charge in [-0.1, -0.05) is 25.1 Å². The van der Waals surface area contributed by atoms with Crippen molar-refractivity contribution in [3.8, 4) is 0 Å². The van der Waals surface area contributed by atoms with Gasteiger partial charge >= 0.3 is 0 Å². The van der Waals surface area contributed by atoms with Crippen LogP contribution in [-0.2, 0) is 6.42 Å². The Kier molecular flexibility index (Phi) is 3.30. The third-order valence-corrected chi connectivity index (χ3v) is 2.56. The highest BCUT2D eigenvalue weighted by Gasteiger charge is 1.99. The quantitative estimate of drug-likeness (QED) is 0.766. The lowest BCUT2D eigenvalue weighted by Crippen LogP contribution is -2.16. The van der Waals surface area contributed by atoms with E-state index in [0.717, 1.165) is 25.0 Å². The standard InChI is InChI=1S/C13H16N2/c1-2-14-10-8-11-5-3-7-13-12(11)6-4-9-15-13/h3-7,9,14H,2,8,10H2,1H3. The van der Waals surface area contributed by atoms with Crippen molar-refractivity contribution >= 4 is 10.9 Å². The molecule has 2 heteroatoms. The maximum absolute atomic E-state index is 4.35. The molecule has 0 aliphatic carbocycles. The summed E-state index contributed by atoms with van der Waals surface area (Å²) in [5.41, 5.74) is 2.47. The molecule has 2 nitrogen and oxygen atoms in total. The lowest BCUT2D eigenvalue weighted by atomic mass is 10.1. The van der Waals surface area contributed by atoms with Gasteiger partial charge in [-0.2, -0.15) is 0 Å². The van der Waals surface area contributed by atoms with E-state index < -0.39 is 0 Å². The van der Waals surface area contributed by atoms with Crippen molar-refractivity contribution in [1.29, 1.82) is 0 Å². The number of fused-ring (bicyclic) bond motifs is 1. The van der Waals surface area contributed by atoms with Crippen LogP contribution in [0.4, 0.5) is 0 Å². The van der Waals surface area contributed by atoms with Crippen molar-refractivity contribution in [1.82, 2.24) is 10.3 Å². The van der Waals surface area contributed by atoms with Gasteiger partial charge in [0.15, 0.2) is 0 Å². The largest absolute Gasteiger partial charge is 0.317 e. The molecule has 15 heavy (non-hydrogen) atoms. The first-order valence-electron chi connectivity index (χ1n) is 5.45. The van der Waals surface area contributed by atoms with Crippen LogP contribution in [0.25, 0.3) is 10.9 Å². The average molecular weight is 200 g/mol. The molecule has 0 radical (unpaired) electrons. The Balaban J connectivity index is 2.26. The molecular weight excluding hydrogens is 184 g/mol. The summed E-state index contributed by atoms with van der Waals surface area (Å²) in [6.07, 6.45) is 2.91. The molecule has 2 rings (SSSR count). The summed E-state index contributed by atoms with van der Waals surface area (Å²) in [4.78, 5) is 4.35. The number of hydrogen-bond donors (Lipinski definition) is 1. The van der Waals surface area contributed by atoms with Crippen molar-refractivity contribution in [2.75, 3.05) is 13.1 Å². The smallest absolute Gasteiger partial charge is 0.0704 e. The zero-order valence-electron chi connectivity index (χ0n) is 9.03. The fraction of sp³-hybridized carbons (Fsp3) is 0.308. The molecule has 0 spiro atoms. The number of pyridine rings is 1. The normalized spacial score (nSPS) is 10.7. The molecule has 0 aliphatic heterocycles. The molecule has 0 atom stereocenters. The number of hydrogen-bond acceptors (Lipinski definition) is 2. The fourth-order valence-corrected chi connectivity index (χ4v) is 1.78. The van der Waals surface area contributed by atoms with Crippen LogP contribution in [0, 0.1) is 0 Å². The molecule has 1 N–H and O–H groups in total. The number of nitrogens with one attached hydrogen (secondary N) is 1. The second-order valence-electron chi connectivity index (χ2n) is 3.59. The van der Waals surface area contributed by atoms with Gasteiger partial charge in [-0.25, -0.2) is 0 Å². The van der Waals surface area contributed by atoms with Gasteiger partial charge in [-0.05, 0) is 37.2 Å². The first-order chi connectivity index (χ1) is 7.42. The van der Waals surface area contributed by atoms with Gasteiger partial charge in [0.25, 0.3) is 0 Å². The fourth-order valence-electron chi connectivity index (χ4n) is 1.78. The molecule has 1 heterocycles. The Labute approximate surface area is 90.3 Å². The average Bonchev–Trinajstić information content (AvgIpc) is 2.30. The van der Waals surface area contributed by atoms with Crippen LogP contribution in [0.3, 0.4) is 0 Å². The summed E-state index contributed by atoms with van der Waals surface area (Å²) in [6.45, 7) is 4.19. The van der Waals surface area contributed by atoms with E-state index in [-0.39, 0.29) is 0 Å². The van der Waals surface area contributed by atoms with Crippen molar-refractivity contribution in [3.63, 3.8) is 0 Å². The minimum atomic E-state index is 1.03. The summed E-state index contributed by atoms with van der Waals surface area (Å²) in [5, 5.41) is 4.62. The van der Waals surface area contributed by atoms with Crippen LogP contribution in [0.2, 0.25) is 0 Å². The Bertz CT molecular complexity index is 432. The number of aromatic nitrogens is 1. The van der Waals surface area contributed by atoms with E-state index >= 15 is 0 Å². The predicted octanol–water partition coefficient (Wildman–Crippen LogP) is 2.39. The van der Waals surface area contributed by atoms with E-state index in [2.05, 4.69) is 41.5 Å². The molecular formula is C13H16N2. The highest BCUT2D eigenvalue weighted by Crippen LogP contribution is 2.16. The van der Waals surface area contributed by atoms with E-state index in [9.17, 15) is 0 Å². The first-order valence-corrected chi connectivity index (χ1v) is 5.45. The van der Waals surface area contributed by atoms with Crippen LogP contribution in [0.1, 0.15) is 12.5 Å². The molecule has 0 aliphatic rings. The minimum Gasteiger partial charge on any atom is -0.317 e. The molecule has 0 fully saturated rings. The van der Waals surface area contributed by atoms with E-state index in [1.165, 1.54) is 10.9 Å². The molecule has 1 aromatic carbocycles. The Morgan fingerprint density at radius 2 is 2.13 bits per heavy atom. The van der Waals surface area contributed by atoms with Crippen LogP contribution in [0.15, 0.2) is 36.5 Å². The van der Waals surface area contributed by atoms with Crippen molar-refractivity contribution in [2.24, 2.45) is 0 Å². The van der Waals surface area contributed by atoms with E-state index in [1.54, 1.807) is 0 Å². The second-order valence-corrected chi connectivity index (χ2v) is 3.59. The van der Waals surface area contributed by atoms with Crippen molar-refractivity contribution < 1.29 is 0 Å². The topological polar surface area (TPSA) is 24.9 Å². The summed E-state index contributed by atoms with van der Waals surface area (Å²) < 4.78 is 0. The number of rotatable bonds is 4. The Hall–Kier alpha value is -1.41. The predicted molar refractivity (Wildman–Crippen MR) is 64.0 cm³/mol. The summed E-state index contributed by atoms with van der Waals surface area (Å²) in [6, 6.07) is 10.5. The van der Waals surface area contributed by atoms with Crippen molar-refractivity contribution in [2.45, 2.75) is 13.3 Å². The SMILES string of the molecule is CCNCCc1cccc2ncccc12. The summed E-state index contributed by atoms with van der Waals surface area (Å²) >= 11 is 0. The Morgan fingerprint density at radius 3 is 3.00 bits per heavy atom. The molecule has 2 aromatic rings. The first kappa shape index (κ1) is 10.1. The van der Waals surface area contributed by atoms with Crippen molar-refractivity contribution in [3.05, 3.63) is 42.1 Å². The zero-order valence-corrected chi connectivity index (χ0v) is 9.03. The molecule has 0 bridgehead atoms. The lowest BCUT2D eigenvalue weighted by Gasteiger charge is -2.05. The molecule has 0 saturated carbocycles. The van der Waals surface area contributed by atoms with Gasteiger partial charge in [0.1, 0.15) is 0 Å². The maximum Gasteiger partial charge on any atom is 0.0704 e. The van der Waals surface area contributed by atoms with Gasteiger partial charge in [-0.3, -0.25) is 4.98 Å². The van der Waals surface area contributed by atoms with E-state index in [1.807, 2.05) is 12.3 Å². The second kappa shape index (κ2) is 4.89. The molecule has 1 aromatic heterocycles. The van der Waals surface area contributed by atoms with E-state index in [4.69, 9.17) is 0 Å². The molecule has 0 saturated heterocycles. The minimum absolute atomic E-state index is 1.03. The molecule has 78 valence electrons. The van der Waals surface area contributed by atoms with Crippen LogP contribution >= 0.6 is 0 Å². The highest BCUT2D eigenvalue weighted by molar-refractivity contribution is 5.81. The van der Waals surface area contributed by atoms with Gasteiger partial charge < -0.3 is 5.32 Å². The highest BCUT2D eigenvalue weighted by atomic mass is 14.8. The van der Waals surface area contributed by atoms with Crippen LogP contribution in [-0.4, -0.2) is 18.1 Å². The number of likely N-dealkylation sites (N-methyl/N-ethyl adjacent to an activating group) is 1. The molecule has 0 unspecified atom stereocenters. The van der Waals surface area contributed by atoms with Gasteiger partial charge in [0.05, 0.1) is 5.52 Å². The number of nitrogens with zero attached hydrogens (tertiary/aromatic N) is 1. The summed E-state index contributed by atoms with van der Waals surface area (Å²) in [7, 11) is 0. The van der Waals surface area contributed by atoms with Gasteiger partial charge in [0, 0.05) is 11.6 Å². The van der Waals surface area contributed by atoms with Crippen LogP contribution in [0.5, 0.6) is 0 Å². The third-order valence-electron chi connectivity index (χ3n) is 2.56. The Morgan fingerprint density at radius 1 is 1.20 bits per heavy atom. The lowest BCUT2D eigenvalue weighted by molar-refractivity contribution is 0.718. The zero-order chi connectivity index (χ0) is 10.5. The van der Waals surface area contributed by atoms with Gasteiger partial charge in [0.2, 0.25) is 0 Å². The molecule has 0 amide bonds. The summed E-state index contributed by atoms with van der Waals surface area (Å²) in [5.74, 6) is 0. The monoisotopic (exact) mass is 200 g/mol. The van der Waals surface area contributed by atoms with E-state index in [0.29, 0.717) is 0 Å². The van der Waals surface area contributed by atoms with Gasteiger partial charge in [-0.15, -0.1) is 0 Å². The number of benzene rings is 1. The third kappa shape index (κ3) is 2.34. The van der Waals surface area contributed by atoms with Crippen LogP contribution < -0.4 is 5.32 Å².